The van der Waals surface area contributed by atoms with Gasteiger partial charge in [0.2, 0.25) is 5.95 Å². The fraction of sp³-hybridized carbons (Fsp3) is 0.393. The van der Waals surface area contributed by atoms with Gasteiger partial charge in [0.1, 0.15) is 11.6 Å². The van der Waals surface area contributed by atoms with Gasteiger partial charge in [-0.2, -0.15) is 5.10 Å². The molecule has 1 aliphatic rings. The first kappa shape index (κ1) is 26.6. The molecule has 0 amide bonds. The number of hydrogen-bond acceptors (Lipinski definition) is 8. The van der Waals surface area contributed by atoms with Crippen LogP contribution in [0.3, 0.4) is 0 Å². The van der Waals surface area contributed by atoms with Gasteiger partial charge in [-0.05, 0) is 43.9 Å². The molecule has 1 saturated heterocycles. The van der Waals surface area contributed by atoms with Crippen molar-refractivity contribution in [1.82, 2.24) is 24.7 Å². The summed E-state index contributed by atoms with van der Waals surface area (Å²) < 4.78 is 40.4. The summed E-state index contributed by atoms with van der Waals surface area (Å²) in [5.41, 5.74) is 2.37. The van der Waals surface area contributed by atoms with Crippen LogP contribution < -0.4 is 4.90 Å². The number of nitrogens with zero attached hydrogens (tertiary/aromatic N) is 6. The van der Waals surface area contributed by atoms with E-state index < -0.39 is 17.6 Å². The Hall–Kier alpha value is -3.99. The average molecular weight is 537 g/mol. The summed E-state index contributed by atoms with van der Waals surface area (Å²) in [7, 11) is 1.97. The molecule has 0 saturated carbocycles. The fourth-order valence-electron chi connectivity index (χ4n) is 4.80. The van der Waals surface area contributed by atoms with Crippen molar-refractivity contribution in [1.29, 1.82) is 0 Å². The third-order valence-electron chi connectivity index (χ3n) is 6.79. The lowest BCUT2D eigenvalue weighted by Crippen LogP contribution is -2.37. The van der Waals surface area contributed by atoms with Crippen LogP contribution in [0.1, 0.15) is 55.7 Å². The van der Waals surface area contributed by atoms with Gasteiger partial charge in [0.25, 0.3) is 0 Å². The molecule has 5 rings (SSSR count). The lowest BCUT2D eigenvalue weighted by atomic mass is 9.99. The molecule has 4 heterocycles. The second-order valence-corrected chi connectivity index (χ2v) is 9.78. The SMILES string of the molecule is CCOC(=O)c1cc(-c2cnc(N(C)C3CCOCC3)nc2)c2c(C(C)C)nn(-c3cc(F)cc(F)c3)c2n1. The summed E-state index contributed by atoms with van der Waals surface area (Å²) in [5.74, 6) is -1.61. The predicted molar refractivity (Wildman–Crippen MR) is 142 cm³/mol. The van der Waals surface area contributed by atoms with Gasteiger partial charge in [0, 0.05) is 55.9 Å². The van der Waals surface area contributed by atoms with E-state index in [1.54, 1.807) is 25.4 Å². The number of fused-ring (bicyclic) bond motifs is 1. The quantitative estimate of drug-likeness (QED) is 0.302. The zero-order valence-corrected chi connectivity index (χ0v) is 22.3. The first-order valence-electron chi connectivity index (χ1n) is 13.0. The Morgan fingerprint density at radius 2 is 1.79 bits per heavy atom. The largest absolute Gasteiger partial charge is 0.461 e. The molecule has 0 atom stereocenters. The van der Waals surface area contributed by atoms with Crippen LogP contribution in [0.2, 0.25) is 0 Å². The Morgan fingerprint density at radius 1 is 1.13 bits per heavy atom. The number of halogens is 2. The maximum absolute atomic E-state index is 14.2. The van der Waals surface area contributed by atoms with Crippen molar-refractivity contribution in [2.24, 2.45) is 0 Å². The van der Waals surface area contributed by atoms with E-state index in [2.05, 4.69) is 25.0 Å². The number of carbonyl (C=O) groups is 1. The summed E-state index contributed by atoms with van der Waals surface area (Å²) in [6.07, 6.45) is 5.19. The summed E-state index contributed by atoms with van der Waals surface area (Å²) in [6.45, 7) is 7.20. The van der Waals surface area contributed by atoms with Crippen molar-refractivity contribution in [2.45, 2.75) is 45.6 Å². The van der Waals surface area contributed by atoms with Crippen molar-refractivity contribution in [2.75, 3.05) is 31.8 Å². The minimum Gasteiger partial charge on any atom is -0.461 e. The second kappa shape index (κ2) is 11.0. The minimum absolute atomic E-state index is 0.0380. The number of aromatic nitrogens is 5. The van der Waals surface area contributed by atoms with Crippen LogP contribution in [0.5, 0.6) is 0 Å². The molecule has 1 fully saturated rings. The van der Waals surface area contributed by atoms with Gasteiger partial charge < -0.3 is 14.4 Å². The Labute approximate surface area is 224 Å². The molecular formula is C28H30F2N6O3. The topological polar surface area (TPSA) is 95.3 Å². The van der Waals surface area contributed by atoms with E-state index in [4.69, 9.17) is 9.47 Å². The Balaban J connectivity index is 1.69. The van der Waals surface area contributed by atoms with Gasteiger partial charge in [-0.25, -0.2) is 33.2 Å². The average Bonchev–Trinajstić information content (AvgIpc) is 3.32. The maximum Gasteiger partial charge on any atom is 0.357 e. The van der Waals surface area contributed by atoms with Crippen molar-refractivity contribution in [3.8, 4) is 16.8 Å². The molecule has 9 nitrogen and oxygen atoms in total. The highest BCUT2D eigenvalue weighted by atomic mass is 19.1. The van der Waals surface area contributed by atoms with E-state index >= 15 is 0 Å². The second-order valence-electron chi connectivity index (χ2n) is 9.78. The first-order valence-corrected chi connectivity index (χ1v) is 13.0. The lowest BCUT2D eigenvalue weighted by Gasteiger charge is -2.31. The molecule has 0 N–H and O–H groups in total. The molecule has 0 bridgehead atoms. The molecule has 0 aliphatic carbocycles. The number of pyridine rings is 1. The van der Waals surface area contributed by atoms with Crippen molar-refractivity contribution >= 4 is 23.0 Å². The first-order chi connectivity index (χ1) is 18.8. The standard InChI is InChI=1S/C28H30F2N6O3/c1-5-39-27(37)23-13-22(17-14-31-28(32-15-17)35(4)20-6-8-38-9-7-20)24-25(16(2)3)34-36(26(24)33-23)21-11-18(29)10-19(30)12-21/h10-16,20H,5-9H2,1-4H3. The van der Waals surface area contributed by atoms with Crippen LogP contribution in [0, 0.1) is 11.6 Å². The smallest absolute Gasteiger partial charge is 0.357 e. The van der Waals surface area contributed by atoms with Crippen LogP contribution in [0.4, 0.5) is 14.7 Å². The fourth-order valence-corrected chi connectivity index (χ4v) is 4.80. The molecule has 1 aromatic carbocycles. The van der Waals surface area contributed by atoms with Crippen LogP contribution in [-0.2, 0) is 9.47 Å². The predicted octanol–water partition coefficient (Wildman–Crippen LogP) is 5.07. The van der Waals surface area contributed by atoms with Crippen LogP contribution in [0.15, 0.2) is 36.7 Å². The highest BCUT2D eigenvalue weighted by molar-refractivity contribution is 6.00. The molecule has 0 radical (unpaired) electrons. The molecule has 11 heteroatoms. The third-order valence-corrected chi connectivity index (χ3v) is 6.79. The zero-order chi connectivity index (χ0) is 27.7. The summed E-state index contributed by atoms with van der Waals surface area (Å²) in [6, 6.07) is 5.04. The zero-order valence-electron chi connectivity index (χ0n) is 22.3. The third kappa shape index (κ3) is 5.31. The van der Waals surface area contributed by atoms with E-state index in [1.807, 2.05) is 20.9 Å². The van der Waals surface area contributed by atoms with E-state index in [9.17, 15) is 13.6 Å². The van der Waals surface area contributed by atoms with Gasteiger partial charge in [0.05, 0.1) is 23.4 Å². The maximum atomic E-state index is 14.2. The van der Waals surface area contributed by atoms with Gasteiger partial charge in [-0.15, -0.1) is 0 Å². The molecule has 3 aromatic heterocycles. The van der Waals surface area contributed by atoms with Crippen molar-refractivity contribution < 1.29 is 23.0 Å². The van der Waals surface area contributed by atoms with Crippen molar-refractivity contribution in [3.63, 3.8) is 0 Å². The number of anilines is 1. The van der Waals surface area contributed by atoms with E-state index in [0.29, 0.717) is 41.4 Å². The molecule has 1 aliphatic heterocycles. The monoisotopic (exact) mass is 536 g/mol. The minimum atomic E-state index is -0.751. The highest BCUT2D eigenvalue weighted by Crippen LogP contribution is 2.35. The van der Waals surface area contributed by atoms with Crippen molar-refractivity contribution in [3.05, 3.63) is 59.7 Å². The number of esters is 1. The van der Waals surface area contributed by atoms with Crippen LogP contribution in [-0.4, -0.2) is 63.6 Å². The molecule has 39 heavy (non-hydrogen) atoms. The van der Waals surface area contributed by atoms with E-state index in [-0.39, 0.29) is 35.6 Å². The van der Waals surface area contributed by atoms with Crippen LogP contribution in [0.25, 0.3) is 27.8 Å². The number of hydrogen-bond donors (Lipinski definition) is 0. The van der Waals surface area contributed by atoms with Gasteiger partial charge in [-0.3, -0.25) is 0 Å². The van der Waals surface area contributed by atoms with Gasteiger partial charge in [0.15, 0.2) is 11.3 Å². The highest BCUT2D eigenvalue weighted by Gasteiger charge is 2.25. The normalized spacial score (nSPS) is 14.2. The molecule has 4 aromatic rings. The Morgan fingerprint density at radius 3 is 2.41 bits per heavy atom. The van der Waals surface area contributed by atoms with Crippen LogP contribution >= 0.6 is 0 Å². The Kier molecular flexibility index (Phi) is 7.51. The van der Waals surface area contributed by atoms with Gasteiger partial charge >= 0.3 is 5.97 Å². The number of benzene rings is 1. The molecule has 0 unspecified atom stereocenters. The van der Waals surface area contributed by atoms with E-state index in [1.165, 1.54) is 16.8 Å². The summed E-state index contributed by atoms with van der Waals surface area (Å²) in [4.78, 5) is 28.6. The van der Waals surface area contributed by atoms with E-state index in [0.717, 1.165) is 18.9 Å². The molecule has 0 spiro atoms. The summed E-state index contributed by atoms with van der Waals surface area (Å²) in [5, 5.41) is 5.32. The number of ether oxygens (including phenoxy) is 2. The molecular weight excluding hydrogens is 506 g/mol. The summed E-state index contributed by atoms with van der Waals surface area (Å²) >= 11 is 0. The lowest BCUT2D eigenvalue weighted by molar-refractivity contribution is 0.0520. The number of carbonyl (C=O) groups excluding carboxylic acids is 1. The Bertz CT molecular complexity index is 1480. The van der Waals surface area contributed by atoms with Gasteiger partial charge in [-0.1, -0.05) is 13.8 Å². The molecule has 204 valence electrons. The number of rotatable bonds is 7.